The van der Waals surface area contributed by atoms with Gasteiger partial charge in [0.25, 0.3) is 0 Å². The van der Waals surface area contributed by atoms with Crippen molar-refractivity contribution in [2.24, 2.45) is 10.7 Å². The monoisotopic (exact) mass is 435 g/mol. The van der Waals surface area contributed by atoms with Gasteiger partial charge in [-0.05, 0) is 37.6 Å². The first-order valence-corrected chi connectivity index (χ1v) is 7.68. The van der Waals surface area contributed by atoms with Crippen LogP contribution in [0.25, 0.3) is 5.65 Å². The molecule has 0 bridgehead atoms. The smallest absolute Gasteiger partial charge is 0.193 e. The molecule has 0 saturated carbocycles. The highest BCUT2D eigenvalue weighted by Crippen LogP contribution is 2.10. The van der Waals surface area contributed by atoms with Gasteiger partial charge in [0.05, 0.1) is 5.69 Å². The van der Waals surface area contributed by atoms with Crippen LogP contribution in [0.4, 0.5) is 5.69 Å². The van der Waals surface area contributed by atoms with Gasteiger partial charge in [-0.2, -0.15) is 0 Å². The number of aliphatic imine (C=N–C) groups is 1. The van der Waals surface area contributed by atoms with E-state index in [4.69, 9.17) is 5.73 Å². The van der Waals surface area contributed by atoms with Crippen molar-refractivity contribution in [3.63, 3.8) is 0 Å². The van der Waals surface area contributed by atoms with Crippen LogP contribution in [-0.4, -0.2) is 21.9 Å². The Morgan fingerprint density at radius 2 is 1.96 bits per heavy atom. The highest BCUT2D eigenvalue weighted by molar-refractivity contribution is 14.0. The molecule has 5 nitrogen and oxygen atoms in total. The van der Waals surface area contributed by atoms with Gasteiger partial charge in [-0.3, -0.25) is 4.99 Å². The summed E-state index contributed by atoms with van der Waals surface area (Å²) >= 11 is 0. The molecule has 3 rings (SSSR count). The Balaban J connectivity index is 0.00000208. The maximum absolute atomic E-state index is 5.92. The molecule has 0 unspecified atom stereocenters. The average molecular weight is 435 g/mol. The van der Waals surface area contributed by atoms with E-state index in [1.165, 1.54) is 11.1 Å². The van der Waals surface area contributed by atoms with E-state index in [0.717, 1.165) is 23.4 Å². The molecule has 0 saturated heterocycles. The standard InChI is InChI=1S/C18H21N5.HI/c1-13-5-7-15(8-6-13)22-18(19)20-10-9-16-12-23-11-3-4-14(2)17(23)21-16;/h3-8,11-12H,9-10H2,1-2H3,(H3,19,20,22);1H. The largest absolute Gasteiger partial charge is 0.370 e. The zero-order valence-electron chi connectivity index (χ0n) is 13.9. The minimum atomic E-state index is 0. The van der Waals surface area contributed by atoms with Crippen molar-refractivity contribution in [2.45, 2.75) is 20.3 Å². The molecule has 0 amide bonds. The predicted molar refractivity (Wildman–Crippen MR) is 110 cm³/mol. The third-order valence-corrected chi connectivity index (χ3v) is 3.70. The number of aromatic nitrogens is 2. The van der Waals surface area contributed by atoms with E-state index in [9.17, 15) is 0 Å². The Hall–Kier alpha value is -2.09. The number of pyridine rings is 1. The molecular formula is C18H22IN5. The summed E-state index contributed by atoms with van der Waals surface area (Å²) < 4.78 is 2.04. The van der Waals surface area contributed by atoms with E-state index in [0.29, 0.717) is 12.5 Å². The van der Waals surface area contributed by atoms with E-state index in [-0.39, 0.29) is 24.0 Å². The van der Waals surface area contributed by atoms with Crippen molar-refractivity contribution in [1.82, 2.24) is 9.38 Å². The van der Waals surface area contributed by atoms with Gasteiger partial charge in [0, 0.05) is 31.0 Å². The first kappa shape index (κ1) is 18.3. The third-order valence-electron chi connectivity index (χ3n) is 3.70. The number of fused-ring (bicyclic) bond motifs is 1. The van der Waals surface area contributed by atoms with Crippen molar-refractivity contribution in [3.05, 3.63) is 65.6 Å². The van der Waals surface area contributed by atoms with Crippen molar-refractivity contribution in [1.29, 1.82) is 0 Å². The minimum Gasteiger partial charge on any atom is -0.370 e. The molecule has 6 heteroatoms. The first-order chi connectivity index (χ1) is 11.1. The lowest BCUT2D eigenvalue weighted by Gasteiger charge is -2.05. The van der Waals surface area contributed by atoms with E-state index in [1.807, 2.05) is 47.1 Å². The minimum absolute atomic E-state index is 0. The number of benzene rings is 1. The fraction of sp³-hybridized carbons (Fsp3) is 0.222. The van der Waals surface area contributed by atoms with Crippen LogP contribution >= 0.6 is 24.0 Å². The molecule has 126 valence electrons. The quantitative estimate of drug-likeness (QED) is 0.374. The number of nitrogens with one attached hydrogen (secondary N) is 1. The Labute approximate surface area is 159 Å². The second-order valence-electron chi connectivity index (χ2n) is 5.66. The van der Waals surface area contributed by atoms with Crippen LogP contribution in [-0.2, 0) is 6.42 Å². The highest BCUT2D eigenvalue weighted by atomic mass is 127. The summed E-state index contributed by atoms with van der Waals surface area (Å²) in [6.07, 6.45) is 4.81. The molecule has 0 aliphatic heterocycles. The van der Waals surface area contributed by atoms with Crippen molar-refractivity contribution < 1.29 is 0 Å². The summed E-state index contributed by atoms with van der Waals surface area (Å²) in [4.78, 5) is 9.00. The van der Waals surface area contributed by atoms with E-state index < -0.39 is 0 Å². The molecule has 3 N–H and O–H groups in total. The van der Waals surface area contributed by atoms with Crippen molar-refractivity contribution in [2.75, 3.05) is 11.9 Å². The lowest BCUT2D eigenvalue weighted by atomic mass is 10.2. The SMILES string of the molecule is Cc1ccc(NC(N)=NCCc2cn3cccc(C)c3n2)cc1.I. The van der Waals surface area contributed by atoms with Crippen LogP contribution in [0.3, 0.4) is 0 Å². The van der Waals surface area contributed by atoms with Crippen molar-refractivity contribution in [3.8, 4) is 0 Å². The molecule has 0 atom stereocenters. The van der Waals surface area contributed by atoms with Crippen LogP contribution in [0.5, 0.6) is 0 Å². The summed E-state index contributed by atoms with van der Waals surface area (Å²) in [7, 11) is 0. The van der Waals surface area contributed by atoms with Crippen LogP contribution in [0.15, 0.2) is 53.8 Å². The summed E-state index contributed by atoms with van der Waals surface area (Å²) in [6.45, 7) is 4.72. The fourth-order valence-corrected chi connectivity index (χ4v) is 2.44. The fourth-order valence-electron chi connectivity index (χ4n) is 2.44. The molecular weight excluding hydrogens is 413 g/mol. The second-order valence-corrected chi connectivity index (χ2v) is 5.66. The summed E-state index contributed by atoms with van der Waals surface area (Å²) in [5.74, 6) is 0.425. The van der Waals surface area contributed by atoms with Crippen molar-refractivity contribution >= 4 is 41.3 Å². The highest BCUT2D eigenvalue weighted by Gasteiger charge is 2.03. The Morgan fingerprint density at radius 1 is 1.21 bits per heavy atom. The third kappa shape index (κ3) is 4.47. The van der Waals surface area contributed by atoms with Gasteiger partial charge in [-0.25, -0.2) is 4.98 Å². The number of nitrogens with two attached hydrogens (primary N) is 1. The zero-order valence-corrected chi connectivity index (χ0v) is 16.2. The normalized spacial score (nSPS) is 11.3. The van der Waals surface area contributed by atoms with Gasteiger partial charge in [0.1, 0.15) is 5.65 Å². The van der Waals surface area contributed by atoms with E-state index in [1.54, 1.807) is 0 Å². The maximum Gasteiger partial charge on any atom is 0.193 e. The predicted octanol–water partition coefficient (Wildman–Crippen LogP) is 3.54. The number of halogens is 1. The molecule has 1 aromatic carbocycles. The molecule has 0 aliphatic rings. The summed E-state index contributed by atoms with van der Waals surface area (Å²) in [5, 5.41) is 3.09. The van der Waals surface area contributed by atoms with Crippen LogP contribution in [0, 0.1) is 13.8 Å². The number of anilines is 1. The lowest BCUT2D eigenvalue weighted by Crippen LogP contribution is -2.23. The van der Waals surface area contributed by atoms with Gasteiger partial charge in [0.15, 0.2) is 5.96 Å². The first-order valence-electron chi connectivity index (χ1n) is 7.68. The maximum atomic E-state index is 5.92. The van der Waals surface area contributed by atoms with Gasteiger partial charge < -0.3 is 15.5 Å². The molecule has 3 aromatic rings. The Kier molecular flexibility index (Phi) is 6.19. The zero-order chi connectivity index (χ0) is 16.2. The topological polar surface area (TPSA) is 67.7 Å². The molecule has 2 heterocycles. The molecule has 24 heavy (non-hydrogen) atoms. The summed E-state index contributed by atoms with van der Waals surface area (Å²) in [5.41, 5.74) is 11.3. The number of hydrogen-bond donors (Lipinski definition) is 2. The molecule has 0 spiro atoms. The molecule has 0 radical (unpaired) electrons. The van der Waals surface area contributed by atoms with Gasteiger partial charge in [0.2, 0.25) is 0 Å². The second kappa shape index (κ2) is 8.14. The number of aryl methyl sites for hydroxylation is 2. The van der Waals surface area contributed by atoms with Crippen LogP contribution in [0.2, 0.25) is 0 Å². The Morgan fingerprint density at radius 3 is 2.67 bits per heavy atom. The Bertz CT molecular complexity index is 836. The van der Waals surface area contributed by atoms with E-state index >= 15 is 0 Å². The number of imidazole rings is 1. The molecule has 0 aliphatic carbocycles. The van der Waals surface area contributed by atoms with Crippen LogP contribution in [0.1, 0.15) is 16.8 Å². The number of nitrogens with zero attached hydrogens (tertiary/aromatic N) is 3. The van der Waals surface area contributed by atoms with Gasteiger partial charge >= 0.3 is 0 Å². The van der Waals surface area contributed by atoms with Gasteiger partial charge in [-0.15, -0.1) is 24.0 Å². The number of guanidine groups is 1. The molecule has 0 fully saturated rings. The van der Waals surface area contributed by atoms with Gasteiger partial charge in [-0.1, -0.05) is 23.8 Å². The number of rotatable bonds is 4. The van der Waals surface area contributed by atoms with E-state index in [2.05, 4.69) is 35.2 Å². The summed E-state index contributed by atoms with van der Waals surface area (Å²) in [6, 6.07) is 12.1. The lowest BCUT2D eigenvalue weighted by molar-refractivity contribution is 0.934. The molecule has 2 aromatic heterocycles. The number of hydrogen-bond acceptors (Lipinski definition) is 2. The van der Waals surface area contributed by atoms with Crippen LogP contribution < -0.4 is 11.1 Å². The average Bonchev–Trinajstić information content (AvgIpc) is 2.94.